The molecule has 0 spiro atoms. The second kappa shape index (κ2) is 10.4. The van der Waals surface area contributed by atoms with Gasteiger partial charge in [0.25, 0.3) is 0 Å². The van der Waals surface area contributed by atoms with E-state index in [1.54, 1.807) is 30.3 Å². The number of sulfonamides is 1. The van der Waals surface area contributed by atoms with Crippen molar-refractivity contribution in [2.45, 2.75) is 11.1 Å². The summed E-state index contributed by atoms with van der Waals surface area (Å²) >= 11 is 0. The van der Waals surface area contributed by atoms with Crippen LogP contribution in [0.2, 0.25) is 0 Å². The molecule has 36 heavy (non-hydrogen) atoms. The Morgan fingerprint density at radius 3 is 2.11 bits per heavy atom. The zero-order valence-corrected chi connectivity index (χ0v) is 19.0. The van der Waals surface area contributed by atoms with E-state index in [2.05, 4.69) is 35.3 Å². The molecule has 0 aliphatic rings. The fourth-order valence-electron chi connectivity index (χ4n) is 2.76. The molecule has 2 aromatic heterocycles. The van der Waals surface area contributed by atoms with Gasteiger partial charge in [0.1, 0.15) is 18.0 Å². The minimum atomic E-state index is -5.08. The van der Waals surface area contributed by atoms with Crippen molar-refractivity contribution in [3.05, 3.63) is 65.3 Å². The summed E-state index contributed by atoms with van der Waals surface area (Å²) in [5, 5.41) is 13.3. The maximum absolute atomic E-state index is 12.0. The van der Waals surface area contributed by atoms with Gasteiger partial charge >= 0.3 is 17.8 Å². The van der Waals surface area contributed by atoms with E-state index in [0.29, 0.717) is 28.4 Å². The smallest absolute Gasteiger partial charge is 0.475 e. The van der Waals surface area contributed by atoms with Crippen LogP contribution in [0.5, 0.6) is 0 Å². The van der Waals surface area contributed by atoms with E-state index in [0.717, 1.165) is 5.69 Å². The largest absolute Gasteiger partial charge is 0.490 e. The number of hydrogen-bond donors (Lipinski definition) is 6. The van der Waals surface area contributed by atoms with Crippen LogP contribution >= 0.6 is 0 Å². The number of halogens is 3. The summed E-state index contributed by atoms with van der Waals surface area (Å²) in [6.45, 7) is 0. The van der Waals surface area contributed by atoms with Crippen molar-refractivity contribution in [2.24, 2.45) is 0 Å². The highest BCUT2D eigenvalue weighted by molar-refractivity contribution is 7.89. The molecule has 0 unspecified atom stereocenters. The third-order valence-corrected chi connectivity index (χ3v) is 5.80. The Hall–Kier alpha value is -4.44. The van der Waals surface area contributed by atoms with Gasteiger partial charge in [0.15, 0.2) is 0 Å². The fraction of sp³-hybridized carbons (Fsp3) is 0.100. The van der Waals surface area contributed by atoms with Crippen LogP contribution in [0.25, 0.3) is 11.0 Å². The minimum Gasteiger partial charge on any atom is -0.475 e. The Morgan fingerprint density at radius 2 is 1.53 bits per heavy atom. The summed E-state index contributed by atoms with van der Waals surface area (Å²) in [5.41, 5.74) is 2.42. The van der Waals surface area contributed by atoms with Crippen LogP contribution in [0.4, 0.5) is 36.2 Å². The number of carboxylic acids is 1. The number of nitrogens with zero attached hydrogens (tertiary/aromatic N) is 2. The lowest BCUT2D eigenvalue weighted by atomic mass is 10.2. The summed E-state index contributed by atoms with van der Waals surface area (Å²) in [4.78, 5) is 34.1. The van der Waals surface area contributed by atoms with Crippen molar-refractivity contribution in [3.63, 3.8) is 0 Å². The van der Waals surface area contributed by atoms with Crippen LogP contribution < -0.4 is 21.0 Å². The number of anilines is 4. The second-order valence-electron chi connectivity index (χ2n) is 6.92. The predicted octanol–water partition coefficient (Wildman–Crippen LogP) is 2.67. The molecule has 0 bridgehead atoms. The number of aromatic nitrogens is 4. The Balaban J connectivity index is 0.000000454. The lowest BCUT2D eigenvalue weighted by Gasteiger charge is -2.10. The number of rotatable bonds is 6. The molecule has 4 rings (SSSR count). The highest BCUT2D eigenvalue weighted by Crippen LogP contribution is 2.22. The van der Waals surface area contributed by atoms with Gasteiger partial charge in [-0.25, -0.2) is 32.7 Å². The molecule has 16 heteroatoms. The molecule has 0 aliphatic heterocycles. The predicted molar refractivity (Wildman–Crippen MR) is 124 cm³/mol. The van der Waals surface area contributed by atoms with Gasteiger partial charge in [-0.2, -0.15) is 13.2 Å². The minimum absolute atomic E-state index is 0.145. The van der Waals surface area contributed by atoms with Crippen molar-refractivity contribution < 1.29 is 31.5 Å². The standard InChI is InChI=1S/C18H17N7O3S.C2HF3O2/c1-19-29(27,28)13-4-2-3-11(7-13)22-16-9-17(21-10-20-16)23-12-5-6-14-15(8-12)25-18(26)24-14;3-2(4,5)1(6)7/h2-10,19H,1H3,(H2,24,25,26)(H2,20,21,22,23);(H,6,7). The molecule has 0 amide bonds. The Kier molecular flexibility index (Phi) is 7.59. The maximum Gasteiger partial charge on any atom is 0.490 e. The zero-order valence-electron chi connectivity index (χ0n) is 18.2. The number of H-pyrrole nitrogens is 2. The van der Waals surface area contributed by atoms with E-state index in [4.69, 9.17) is 9.90 Å². The molecule has 0 saturated heterocycles. The molecule has 0 atom stereocenters. The lowest BCUT2D eigenvalue weighted by molar-refractivity contribution is -0.192. The van der Waals surface area contributed by atoms with E-state index in [1.165, 1.54) is 25.5 Å². The highest BCUT2D eigenvalue weighted by Gasteiger charge is 2.38. The van der Waals surface area contributed by atoms with Gasteiger partial charge in [-0.1, -0.05) is 6.07 Å². The molecular formula is C20H18F3N7O5S. The number of aromatic amines is 2. The lowest BCUT2D eigenvalue weighted by Crippen LogP contribution is -2.21. The first-order valence-corrected chi connectivity index (χ1v) is 11.3. The number of aliphatic carboxylic acids is 1. The number of alkyl halides is 3. The Bertz CT molecular complexity index is 1550. The maximum atomic E-state index is 12.0. The number of hydrogen-bond acceptors (Lipinski definition) is 8. The molecular weight excluding hydrogens is 507 g/mol. The van der Waals surface area contributed by atoms with E-state index >= 15 is 0 Å². The van der Waals surface area contributed by atoms with Crippen LogP contribution in [0.15, 0.2) is 64.5 Å². The Labute approximate surface area is 200 Å². The topological polar surface area (TPSA) is 182 Å². The van der Waals surface area contributed by atoms with Gasteiger partial charge in [-0.15, -0.1) is 0 Å². The highest BCUT2D eigenvalue weighted by atomic mass is 32.2. The van der Waals surface area contributed by atoms with Gasteiger partial charge in [-0.3, -0.25) is 0 Å². The van der Waals surface area contributed by atoms with Gasteiger partial charge in [0.05, 0.1) is 15.9 Å². The number of nitrogens with one attached hydrogen (secondary N) is 5. The molecule has 190 valence electrons. The second-order valence-corrected chi connectivity index (χ2v) is 8.80. The first kappa shape index (κ1) is 26.2. The van der Waals surface area contributed by atoms with E-state index < -0.39 is 22.2 Å². The van der Waals surface area contributed by atoms with E-state index in [1.807, 2.05) is 6.07 Å². The van der Waals surface area contributed by atoms with Gasteiger partial charge in [-0.05, 0) is 43.4 Å². The van der Waals surface area contributed by atoms with Gasteiger partial charge in [0, 0.05) is 17.4 Å². The molecule has 0 fully saturated rings. The number of benzene rings is 2. The van der Waals surface area contributed by atoms with Gasteiger partial charge < -0.3 is 25.7 Å². The number of carboxylic acid groups (broad SMARTS) is 1. The SMILES string of the molecule is CNS(=O)(=O)c1cccc(Nc2cc(Nc3ccc4[nH]c(=O)[nH]c4c3)ncn2)c1.O=C(O)C(F)(F)F. The molecule has 6 N–H and O–H groups in total. The summed E-state index contributed by atoms with van der Waals surface area (Å²) in [7, 11) is -2.18. The molecule has 0 aliphatic carbocycles. The number of carbonyl (C=O) groups is 1. The third-order valence-electron chi connectivity index (χ3n) is 4.38. The molecule has 4 aromatic rings. The monoisotopic (exact) mass is 525 g/mol. The first-order valence-electron chi connectivity index (χ1n) is 9.79. The summed E-state index contributed by atoms with van der Waals surface area (Å²) in [6, 6.07) is 13.5. The normalized spacial score (nSPS) is 11.4. The average Bonchev–Trinajstić information content (AvgIpc) is 3.18. The number of fused-ring (bicyclic) bond motifs is 1. The molecule has 2 heterocycles. The summed E-state index contributed by atoms with van der Waals surface area (Å²) < 4.78 is 57.9. The van der Waals surface area contributed by atoms with Gasteiger partial charge in [0.2, 0.25) is 10.0 Å². The molecule has 0 saturated carbocycles. The molecule has 0 radical (unpaired) electrons. The Morgan fingerprint density at radius 1 is 0.944 bits per heavy atom. The summed E-state index contributed by atoms with van der Waals surface area (Å²) in [5.74, 6) is -1.75. The van der Waals surface area contributed by atoms with E-state index in [-0.39, 0.29) is 10.6 Å². The van der Waals surface area contributed by atoms with Crippen LogP contribution in [0.1, 0.15) is 0 Å². The quantitative estimate of drug-likeness (QED) is 0.220. The average molecular weight is 525 g/mol. The van der Waals surface area contributed by atoms with Crippen molar-refractivity contribution in [1.29, 1.82) is 0 Å². The van der Waals surface area contributed by atoms with E-state index in [9.17, 15) is 26.4 Å². The van der Waals surface area contributed by atoms with Crippen LogP contribution in [-0.4, -0.2) is 52.7 Å². The van der Waals surface area contributed by atoms with Crippen LogP contribution in [0.3, 0.4) is 0 Å². The summed E-state index contributed by atoms with van der Waals surface area (Å²) in [6.07, 6.45) is -3.70. The molecule has 2 aromatic carbocycles. The number of imidazole rings is 1. The van der Waals surface area contributed by atoms with Crippen LogP contribution in [0, 0.1) is 0 Å². The molecule has 12 nitrogen and oxygen atoms in total. The van der Waals surface area contributed by atoms with Crippen molar-refractivity contribution in [1.82, 2.24) is 24.7 Å². The zero-order chi connectivity index (χ0) is 26.5. The first-order chi connectivity index (χ1) is 16.9. The van der Waals surface area contributed by atoms with Crippen molar-refractivity contribution in [3.8, 4) is 0 Å². The van der Waals surface area contributed by atoms with Crippen LogP contribution in [-0.2, 0) is 14.8 Å². The van der Waals surface area contributed by atoms with Crippen molar-refractivity contribution in [2.75, 3.05) is 17.7 Å². The fourth-order valence-corrected chi connectivity index (χ4v) is 3.53. The van der Waals surface area contributed by atoms with Crippen molar-refractivity contribution >= 4 is 50.0 Å². The third kappa shape index (κ3) is 6.80.